The van der Waals surface area contributed by atoms with E-state index in [0.29, 0.717) is 11.3 Å². The maximum absolute atomic E-state index is 13.2. The number of nitrogens with zero attached hydrogens (tertiary/aromatic N) is 2. The van der Waals surface area contributed by atoms with Gasteiger partial charge in [0.25, 0.3) is 5.91 Å². The van der Waals surface area contributed by atoms with Gasteiger partial charge in [-0.15, -0.1) is 0 Å². The molecule has 1 fully saturated rings. The molecule has 0 spiro atoms. The summed E-state index contributed by atoms with van der Waals surface area (Å²) in [5, 5.41) is 0. The monoisotopic (exact) mass is 325 g/mol. The number of carbonyl (C=O) groups excluding carboxylic acids is 1. The van der Waals surface area contributed by atoms with Gasteiger partial charge in [0.15, 0.2) is 0 Å². The van der Waals surface area contributed by atoms with Crippen LogP contribution in [0.15, 0.2) is 41.3 Å². The molecule has 1 saturated heterocycles. The van der Waals surface area contributed by atoms with Crippen molar-refractivity contribution in [3.05, 3.63) is 63.8 Å². The van der Waals surface area contributed by atoms with Crippen LogP contribution in [0.2, 0.25) is 0 Å². The number of pyridine rings is 2. The summed E-state index contributed by atoms with van der Waals surface area (Å²) >= 11 is 0. The first-order valence-corrected chi connectivity index (χ1v) is 8.53. The standard InChI is InChI=1S/C19H23N3O2/c1-13(2)18-14(9-10-17(23)21-18)19(24)22-12-6-4-8-16(22)15-7-3-5-11-20-15/h3,5,7,9-11,13,16H,4,6,8,12H2,1-2H3,(H,21,23). The van der Waals surface area contributed by atoms with E-state index in [9.17, 15) is 9.59 Å². The minimum atomic E-state index is -0.171. The number of amides is 1. The third-order valence-electron chi connectivity index (χ3n) is 4.55. The molecule has 2 aromatic heterocycles. The van der Waals surface area contributed by atoms with E-state index in [4.69, 9.17) is 0 Å². The number of nitrogens with one attached hydrogen (secondary N) is 1. The van der Waals surface area contributed by atoms with Gasteiger partial charge < -0.3 is 9.88 Å². The molecule has 2 aromatic rings. The molecule has 1 N–H and O–H groups in total. The largest absolute Gasteiger partial charge is 0.330 e. The Labute approximate surface area is 141 Å². The summed E-state index contributed by atoms with van der Waals surface area (Å²) in [5.41, 5.74) is 2.06. The lowest BCUT2D eigenvalue weighted by molar-refractivity contribution is 0.0604. The second kappa shape index (κ2) is 6.99. The molecule has 0 aromatic carbocycles. The Bertz CT molecular complexity index is 768. The molecule has 126 valence electrons. The molecule has 0 aliphatic carbocycles. The van der Waals surface area contributed by atoms with Crippen molar-refractivity contribution in [3.8, 4) is 0 Å². The van der Waals surface area contributed by atoms with Crippen LogP contribution in [0.25, 0.3) is 0 Å². The molecular formula is C19H23N3O2. The second-order valence-corrected chi connectivity index (χ2v) is 6.57. The van der Waals surface area contributed by atoms with Gasteiger partial charge in [-0.05, 0) is 43.4 Å². The van der Waals surface area contributed by atoms with Gasteiger partial charge in [0.05, 0.1) is 17.3 Å². The van der Waals surface area contributed by atoms with Gasteiger partial charge in [-0.2, -0.15) is 0 Å². The molecule has 1 atom stereocenters. The van der Waals surface area contributed by atoms with Crippen LogP contribution in [0.4, 0.5) is 0 Å². The average molecular weight is 325 g/mol. The summed E-state index contributed by atoms with van der Waals surface area (Å²) in [4.78, 5) is 34.0. The van der Waals surface area contributed by atoms with Crippen molar-refractivity contribution in [2.75, 3.05) is 6.54 Å². The Morgan fingerprint density at radius 2 is 2.08 bits per heavy atom. The van der Waals surface area contributed by atoms with Crippen molar-refractivity contribution < 1.29 is 4.79 Å². The van der Waals surface area contributed by atoms with Gasteiger partial charge in [0.1, 0.15) is 0 Å². The maximum Gasteiger partial charge on any atom is 0.256 e. The average Bonchev–Trinajstić information content (AvgIpc) is 2.62. The molecule has 5 nitrogen and oxygen atoms in total. The maximum atomic E-state index is 13.2. The number of likely N-dealkylation sites (tertiary alicyclic amines) is 1. The normalized spacial score (nSPS) is 18.0. The van der Waals surface area contributed by atoms with Gasteiger partial charge in [0.2, 0.25) is 5.56 Å². The smallest absolute Gasteiger partial charge is 0.256 e. The number of H-pyrrole nitrogens is 1. The number of aromatic nitrogens is 2. The summed E-state index contributed by atoms with van der Waals surface area (Å²) in [6.07, 6.45) is 4.78. The Kier molecular flexibility index (Phi) is 4.79. The van der Waals surface area contributed by atoms with E-state index in [2.05, 4.69) is 9.97 Å². The minimum absolute atomic E-state index is 0.000565. The fourth-order valence-electron chi connectivity index (χ4n) is 3.34. The van der Waals surface area contributed by atoms with E-state index < -0.39 is 0 Å². The molecule has 0 radical (unpaired) electrons. The zero-order chi connectivity index (χ0) is 17.1. The van der Waals surface area contributed by atoms with Crippen LogP contribution in [0.1, 0.15) is 66.8 Å². The molecule has 5 heteroatoms. The fourth-order valence-corrected chi connectivity index (χ4v) is 3.34. The first-order chi connectivity index (χ1) is 11.6. The SMILES string of the molecule is CC(C)c1[nH]c(=O)ccc1C(=O)N1CCCCC1c1ccccn1. The summed E-state index contributed by atoms with van der Waals surface area (Å²) in [5.74, 6) is 0.0567. The Morgan fingerprint density at radius 1 is 1.25 bits per heavy atom. The number of hydrogen-bond acceptors (Lipinski definition) is 3. The minimum Gasteiger partial charge on any atom is -0.330 e. The van der Waals surface area contributed by atoms with Gasteiger partial charge in [-0.3, -0.25) is 14.6 Å². The van der Waals surface area contributed by atoms with E-state index in [0.717, 1.165) is 31.5 Å². The van der Waals surface area contributed by atoms with Crippen molar-refractivity contribution in [1.29, 1.82) is 0 Å². The van der Waals surface area contributed by atoms with Crippen LogP contribution in [0.5, 0.6) is 0 Å². The van der Waals surface area contributed by atoms with Crippen LogP contribution in [-0.4, -0.2) is 27.3 Å². The zero-order valence-corrected chi connectivity index (χ0v) is 14.2. The molecule has 1 aliphatic heterocycles. The van der Waals surface area contributed by atoms with Gasteiger partial charge >= 0.3 is 0 Å². The van der Waals surface area contributed by atoms with E-state index in [-0.39, 0.29) is 23.4 Å². The van der Waals surface area contributed by atoms with Crippen molar-refractivity contribution in [3.63, 3.8) is 0 Å². The van der Waals surface area contributed by atoms with Crippen LogP contribution < -0.4 is 5.56 Å². The number of rotatable bonds is 3. The summed E-state index contributed by atoms with van der Waals surface area (Å²) < 4.78 is 0. The van der Waals surface area contributed by atoms with Crippen LogP contribution in [0, 0.1) is 0 Å². The van der Waals surface area contributed by atoms with E-state index >= 15 is 0 Å². The van der Waals surface area contributed by atoms with Gasteiger partial charge in [0, 0.05) is 24.5 Å². The molecule has 1 aliphatic rings. The predicted molar refractivity (Wildman–Crippen MR) is 93.0 cm³/mol. The Hall–Kier alpha value is -2.43. The van der Waals surface area contributed by atoms with E-state index in [1.54, 1.807) is 12.3 Å². The van der Waals surface area contributed by atoms with Crippen LogP contribution >= 0.6 is 0 Å². The third-order valence-corrected chi connectivity index (χ3v) is 4.55. The summed E-state index contributed by atoms with van der Waals surface area (Å²) in [7, 11) is 0. The van der Waals surface area contributed by atoms with Gasteiger partial charge in [-0.1, -0.05) is 19.9 Å². The van der Waals surface area contributed by atoms with E-state index in [1.807, 2.05) is 36.9 Å². The van der Waals surface area contributed by atoms with Crippen LogP contribution in [0.3, 0.4) is 0 Å². The highest BCUT2D eigenvalue weighted by Gasteiger charge is 2.31. The van der Waals surface area contributed by atoms with Gasteiger partial charge in [-0.25, -0.2) is 0 Å². The van der Waals surface area contributed by atoms with Crippen molar-refractivity contribution >= 4 is 5.91 Å². The van der Waals surface area contributed by atoms with Crippen molar-refractivity contribution in [2.45, 2.75) is 45.1 Å². The molecule has 1 unspecified atom stereocenters. The zero-order valence-electron chi connectivity index (χ0n) is 14.2. The topological polar surface area (TPSA) is 66.1 Å². The first kappa shape index (κ1) is 16.4. The highest BCUT2D eigenvalue weighted by Crippen LogP contribution is 2.31. The summed E-state index contributed by atoms with van der Waals surface area (Å²) in [6.45, 7) is 4.68. The molecule has 3 rings (SSSR count). The number of hydrogen-bond donors (Lipinski definition) is 1. The molecule has 0 saturated carbocycles. The lowest BCUT2D eigenvalue weighted by atomic mass is 9.96. The lowest BCUT2D eigenvalue weighted by Gasteiger charge is -2.36. The van der Waals surface area contributed by atoms with E-state index in [1.165, 1.54) is 6.07 Å². The number of carbonyl (C=O) groups is 1. The molecular weight excluding hydrogens is 302 g/mol. The van der Waals surface area contributed by atoms with Crippen LogP contribution in [-0.2, 0) is 0 Å². The summed E-state index contributed by atoms with van der Waals surface area (Å²) in [6, 6.07) is 8.90. The number of aromatic amines is 1. The highest BCUT2D eigenvalue weighted by molar-refractivity contribution is 5.95. The highest BCUT2D eigenvalue weighted by atomic mass is 16.2. The van der Waals surface area contributed by atoms with Crippen molar-refractivity contribution in [2.24, 2.45) is 0 Å². The lowest BCUT2D eigenvalue weighted by Crippen LogP contribution is -2.39. The second-order valence-electron chi connectivity index (χ2n) is 6.57. The predicted octanol–water partition coefficient (Wildman–Crippen LogP) is 3.26. The third kappa shape index (κ3) is 3.25. The molecule has 1 amide bonds. The molecule has 3 heterocycles. The molecule has 0 bridgehead atoms. The quantitative estimate of drug-likeness (QED) is 0.942. The number of piperidine rings is 1. The Balaban J connectivity index is 1.97. The fraction of sp³-hybridized carbons (Fsp3) is 0.421. The Morgan fingerprint density at radius 3 is 2.79 bits per heavy atom. The molecule has 24 heavy (non-hydrogen) atoms. The first-order valence-electron chi connectivity index (χ1n) is 8.53. The van der Waals surface area contributed by atoms with Crippen molar-refractivity contribution in [1.82, 2.24) is 14.9 Å².